The normalized spacial score (nSPS) is 10.6. The molecule has 2 aromatic heterocycles. The first-order valence-electron chi connectivity index (χ1n) is 5.80. The van der Waals surface area contributed by atoms with Crippen molar-refractivity contribution in [1.29, 1.82) is 0 Å². The zero-order valence-electron chi connectivity index (χ0n) is 10.4. The van der Waals surface area contributed by atoms with Crippen LogP contribution in [0.1, 0.15) is 17.5 Å². The van der Waals surface area contributed by atoms with Crippen molar-refractivity contribution in [3.63, 3.8) is 0 Å². The number of amides is 1. The average molecular weight is 360 g/mol. The lowest BCUT2D eigenvalue weighted by Gasteiger charge is -2.19. The van der Waals surface area contributed by atoms with E-state index >= 15 is 0 Å². The summed E-state index contributed by atoms with van der Waals surface area (Å²) < 4.78 is 1.08. The van der Waals surface area contributed by atoms with E-state index in [1.54, 1.807) is 11.3 Å². The Balaban J connectivity index is 1.98. The molecular weight excluding hydrogens is 346 g/mol. The molecule has 0 fully saturated rings. The van der Waals surface area contributed by atoms with Gasteiger partial charge in [-0.15, -0.1) is 22.7 Å². The Hall–Kier alpha value is -0.920. The first-order chi connectivity index (χ1) is 9.08. The number of nitrogens with two attached hydrogens (primary N) is 1. The third-order valence-electron chi connectivity index (χ3n) is 2.61. The highest BCUT2D eigenvalue weighted by atomic mass is 79.9. The van der Waals surface area contributed by atoms with Gasteiger partial charge in [-0.25, -0.2) is 4.98 Å². The summed E-state index contributed by atoms with van der Waals surface area (Å²) in [6, 6.07) is 4.03. The van der Waals surface area contributed by atoms with E-state index in [2.05, 4.69) is 20.9 Å². The number of hydrogen-bond donors (Lipinski definition) is 1. The van der Waals surface area contributed by atoms with Gasteiger partial charge in [-0.3, -0.25) is 4.79 Å². The van der Waals surface area contributed by atoms with E-state index in [-0.39, 0.29) is 5.91 Å². The summed E-state index contributed by atoms with van der Waals surface area (Å²) in [5.74, 6) is 0.0809. The predicted molar refractivity (Wildman–Crippen MR) is 83.3 cm³/mol. The average Bonchev–Trinajstić information content (AvgIpc) is 2.95. The summed E-state index contributed by atoms with van der Waals surface area (Å²) in [7, 11) is 0. The largest absolute Gasteiger partial charge is 0.375 e. The van der Waals surface area contributed by atoms with Crippen molar-refractivity contribution in [3.05, 3.63) is 31.9 Å². The molecule has 4 nitrogen and oxygen atoms in total. The van der Waals surface area contributed by atoms with Gasteiger partial charge in [0.15, 0.2) is 5.13 Å². The highest BCUT2D eigenvalue weighted by molar-refractivity contribution is 9.11. The van der Waals surface area contributed by atoms with Gasteiger partial charge in [0.25, 0.3) is 0 Å². The Morgan fingerprint density at radius 2 is 2.32 bits per heavy atom. The Bertz CT molecular complexity index is 567. The molecule has 0 spiro atoms. The van der Waals surface area contributed by atoms with E-state index < -0.39 is 0 Å². The minimum Gasteiger partial charge on any atom is -0.375 e. The highest BCUT2D eigenvalue weighted by Gasteiger charge is 2.15. The zero-order valence-corrected chi connectivity index (χ0v) is 13.6. The van der Waals surface area contributed by atoms with Crippen LogP contribution in [0.2, 0.25) is 0 Å². The molecule has 0 aliphatic rings. The number of carbonyl (C=O) groups excluding carboxylic acids is 1. The van der Waals surface area contributed by atoms with Crippen molar-refractivity contribution < 1.29 is 4.79 Å². The minimum absolute atomic E-state index is 0.0809. The number of rotatable bonds is 5. The maximum absolute atomic E-state index is 12.2. The van der Waals surface area contributed by atoms with Crippen LogP contribution in [-0.4, -0.2) is 22.3 Å². The van der Waals surface area contributed by atoms with E-state index in [4.69, 9.17) is 5.73 Å². The number of thiazole rings is 1. The maximum Gasteiger partial charge on any atom is 0.228 e. The Kier molecular flexibility index (Phi) is 4.95. The van der Waals surface area contributed by atoms with Crippen LogP contribution >= 0.6 is 38.6 Å². The van der Waals surface area contributed by atoms with E-state index in [1.807, 2.05) is 29.3 Å². The van der Waals surface area contributed by atoms with Gasteiger partial charge in [-0.05, 0) is 35.0 Å². The first kappa shape index (κ1) is 14.5. The van der Waals surface area contributed by atoms with Gasteiger partial charge in [0, 0.05) is 16.8 Å². The molecule has 19 heavy (non-hydrogen) atoms. The summed E-state index contributed by atoms with van der Waals surface area (Å²) in [5, 5.41) is 2.34. The summed E-state index contributed by atoms with van der Waals surface area (Å²) in [6.07, 6.45) is 0.314. The maximum atomic E-state index is 12.2. The Labute approximate surface area is 128 Å². The van der Waals surface area contributed by atoms with Crippen LogP contribution in [0.25, 0.3) is 0 Å². The molecule has 7 heteroatoms. The van der Waals surface area contributed by atoms with Gasteiger partial charge in [0.2, 0.25) is 5.91 Å². The predicted octanol–water partition coefficient (Wildman–Crippen LogP) is 3.14. The standard InChI is InChI=1S/C12H14BrN3OS2/c1-2-16(6-9-3-4-10(13)19-9)11(17)5-8-7-18-12(14)15-8/h3-4,7H,2,5-6H2,1H3,(H2,14,15). The van der Waals surface area contributed by atoms with Gasteiger partial charge in [0.1, 0.15) is 0 Å². The fourth-order valence-electron chi connectivity index (χ4n) is 1.67. The number of likely N-dealkylation sites (N-methyl/N-ethyl adjacent to an activating group) is 1. The number of aromatic nitrogens is 1. The van der Waals surface area contributed by atoms with Crippen LogP contribution in [0.3, 0.4) is 0 Å². The molecule has 0 aliphatic heterocycles. The molecule has 102 valence electrons. The van der Waals surface area contributed by atoms with Crippen molar-refractivity contribution in [1.82, 2.24) is 9.88 Å². The van der Waals surface area contributed by atoms with Crippen LogP contribution in [0.15, 0.2) is 21.3 Å². The molecular formula is C12H14BrN3OS2. The number of hydrogen-bond acceptors (Lipinski definition) is 5. The van der Waals surface area contributed by atoms with E-state index in [0.717, 1.165) is 9.48 Å². The molecule has 0 atom stereocenters. The topological polar surface area (TPSA) is 59.2 Å². The third kappa shape index (κ3) is 4.02. The lowest BCUT2D eigenvalue weighted by atomic mass is 10.3. The lowest BCUT2D eigenvalue weighted by molar-refractivity contribution is -0.130. The molecule has 2 heterocycles. The smallest absolute Gasteiger partial charge is 0.228 e. The summed E-state index contributed by atoms with van der Waals surface area (Å²) >= 11 is 6.44. The quantitative estimate of drug-likeness (QED) is 0.891. The Morgan fingerprint density at radius 3 is 2.84 bits per heavy atom. The molecule has 1 amide bonds. The fourth-order valence-corrected chi connectivity index (χ4v) is 3.73. The molecule has 0 radical (unpaired) electrons. The zero-order chi connectivity index (χ0) is 13.8. The summed E-state index contributed by atoms with van der Waals surface area (Å²) in [4.78, 5) is 19.3. The molecule has 0 aromatic carbocycles. The second-order valence-corrected chi connectivity index (χ2v) is 7.40. The molecule has 2 aromatic rings. The van der Waals surface area contributed by atoms with E-state index in [1.165, 1.54) is 16.2 Å². The molecule has 2 rings (SSSR count). The monoisotopic (exact) mass is 359 g/mol. The molecule has 0 saturated carbocycles. The van der Waals surface area contributed by atoms with Crippen molar-refractivity contribution in [3.8, 4) is 0 Å². The van der Waals surface area contributed by atoms with Crippen molar-refractivity contribution in [2.24, 2.45) is 0 Å². The number of nitrogens with zero attached hydrogens (tertiary/aromatic N) is 2. The van der Waals surface area contributed by atoms with Crippen molar-refractivity contribution >= 4 is 49.6 Å². The minimum atomic E-state index is 0.0809. The number of nitrogen functional groups attached to an aromatic ring is 1. The van der Waals surface area contributed by atoms with Gasteiger partial charge < -0.3 is 10.6 Å². The van der Waals surface area contributed by atoms with Crippen molar-refractivity contribution in [2.75, 3.05) is 12.3 Å². The van der Waals surface area contributed by atoms with E-state index in [0.29, 0.717) is 24.6 Å². The third-order valence-corrected chi connectivity index (χ3v) is 4.94. The summed E-state index contributed by atoms with van der Waals surface area (Å²) in [5.41, 5.74) is 6.32. The van der Waals surface area contributed by atoms with Crippen LogP contribution < -0.4 is 5.73 Å². The molecule has 0 aliphatic carbocycles. The number of anilines is 1. The van der Waals surface area contributed by atoms with Crippen molar-refractivity contribution in [2.45, 2.75) is 19.9 Å². The molecule has 0 bridgehead atoms. The van der Waals surface area contributed by atoms with Crippen LogP contribution in [0.4, 0.5) is 5.13 Å². The Morgan fingerprint density at radius 1 is 1.53 bits per heavy atom. The SMILES string of the molecule is CCN(Cc1ccc(Br)s1)C(=O)Cc1csc(N)n1. The summed E-state index contributed by atoms with van der Waals surface area (Å²) in [6.45, 7) is 3.31. The van der Waals surface area contributed by atoms with Crippen LogP contribution in [0.5, 0.6) is 0 Å². The molecule has 0 saturated heterocycles. The lowest BCUT2D eigenvalue weighted by Crippen LogP contribution is -2.31. The first-order valence-corrected chi connectivity index (χ1v) is 8.29. The number of halogens is 1. The number of thiophene rings is 1. The fraction of sp³-hybridized carbons (Fsp3) is 0.333. The van der Waals surface area contributed by atoms with Crippen LogP contribution in [0, 0.1) is 0 Å². The second kappa shape index (κ2) is 6.49. The van der Waals surface area contributed by atoms with E-state index in [9.17, 15) is 4.79 Å². The number of carbonyl (C=O) groups is 1. The van der Waals surface area contributed by atoms with Gasteiger partial charge in [-0.2, -0.15) is 0 Å². The van der Waals surface area contributed by atoms with Crippen LogP contribution in [-0.2, 0) is 17.8 Å². The van der Waals surface area contributed by atoms with Gasteiger partial charge >= 0.3 is 0 Å². The highest BCUT2D eigenvalue weighted by Crippen LogP contribution is 2.23. The molecule has 0 unspecified atom stereocenters. The molecule has 2 N–H and O–H groups in total. The van der Waals surface area contributed by atoms with Gasteiger partial charge in [-0.1, -0.05) is 0 Å². The van der Waals surface area contributed by atoms with Gasteiger partial charge in [0.05, 0.1) is 22.4 Å². The second-order valence-electron chi connectivity index (χ2n) is 3.97.